The van der Waals surface area contributed by atoms with E-state index in [0.29, 0.717) is 12.6 Å². The summed E-state index contributed by atoms with van der Waals surface area (Å²) in [5, 5.41) is 8.49. The molecule has 0 bridgehead atoms. The number of ether oxygens (including phenoxy) is 1. The third kappa shape index (κ3) is 3.46. The van der Waals surface area contributed by atoms with E-state index in [1.165, 1.54) is 12.8 Å². The highest BCUT2D eigenvalue weighted by Crippen LogP contribution is 2.34. The van der Waals surface area contributed by atoms with Crippen LogP contribution in [0.1, 0.15) is 25.0 Å². The van der Waals surface area contributed by atoms with Gasteiger partial charge < -0.3 is 10.1 Å². The Morgan fingerprint density at radius 1 is 1.61 bits per heavy atom. The Morgan fingerprint density at radius 2 is 2.39 bits per heavy atom. The number of nitrogens with one attached hydrogen (secondary N) is 1. The lowest BCUT2D eigenvalue weighted by Crippen LogP contribution is -2.28. The minimum absolute atomic E-state index is 0.617. The van der Waals surface area contributed by atoms with Crippen LogP contribution in [0.15, 0.2) is 6.20 Å². The molecular weight excluding hydrogens is 250 g/mol. The summed E-state index contributed by atoms with van der Waals surface area (Å²) in [6.45, 7) is 1.44. The van der Waals surface area contributed by atoms with Gasteiger partial charge in [0.2, 0.25) is 0 Å². The van der Waals surface area contributed by atoms with Crippen molar-refractivity contribution in [1.29, 1.82) is 0 Å². The van der Waals surface area contributed by atoms with Crippen LogP contribution in [0.4, 0.5) is 0 Å². The standard InChI is InChI=1S/C13H22ClN3O/c1-15-12(10-3-4-10)5-6-13-11(14)9-16-17(13)7-8-18-2/h9-10,12,15H,3-8H2,1-2H3. The molecule has 1 atom stereocenters. The molecular formula is C13H22ClN3O. The lowest BCUT2D eigenvalue weighted by molar-refractivity contribution is 0.182. The van der Waals surface area contributed by atoms with Crippen LogP contribution in [-0.2, 0) is 17.7 Å². The van der Waals surface area contributed by atoms with Crippen LogP contribution in [0.25, 0.3) is 0 Å². The Labute approximate surface area is 114 Å². The summed E-state index contributed by atoms with van der Waals surface area (Å²) in [5.74, 6) is 0.865. The third-order valence-electron chi connectivity index (χ3n) is 3.66. The molecule has 1 saturated carbocycles. The molecule has 5 heteroatoms. The summed E-state index contributed by atoms with van der Waals surface area (Å²) in [6, 6.07) is 0.617. The molecule has 0 aromatic carbocycles. The zero-order chi connectivity index (χ0) is 13.0. The molecule has 18 heavy (non-hydrogen) atoms. The average Bonchev–Trinajstić information content (AvgIpc) is 3.15. The van der Waals surface area contributed by atoms with Gasteiger partial charge in [-0.3, -0.25) is 4.68 Å². The number of aromatic nitrogens is 2. The average molecular weight is 272 g/mol. The van der Waals surface area contributed by atoms with Crippen LogP contribution in [-0.4, -0.2) is 36.6 Å². The Kier molecular flexibility index (Phi) is 5.03. The van der Waals surface area contributed by atoms with Crippen molar-refractivity contribution in [3.63, 3.8) is 0 Å². The van der Waals surface area contributed by atoms with Gasteiger partial charge in [0.1, 0.15) is 0 Å². The van der Waals surface area contributed by atoms with E-state index in [-0.39, 0.29) is 0 Å². The molecule has 4 nitrogen and oxygen atoms in total. The fourth-order valence-electron chi connectivity index (χ4n) is 2.41. The minimum Gasteiger partial charge on any atom is -0.383 e. The maximum atomic E-state index is 6.20. The van der Waals surface area contributed by atoms with Gasteiger partial charge in [-0.1, -0.05) is 11.6 Å². The molecule has 1 N–H and O–H groups in total. The van der Waals surface area contributed by atoms with Gasteiger partial charge in [0, 0.05) is 13.2 Å². The van der Waals surface area contributed by atoms with E-state index in [1.54, 1.807) is 13.3 Å². The highest BCUT2D eigenvalue weighted by Gasteiger charge is 2.30. The molecule has 0 radical (unpaired) electrons. The summed E-state index contributed by atoms with van der Waals surface area (Å²) in [4.78, 5) is 0. The van der Waals surface area contributed by atoms with E-state index in [1.807, 2.05) is 11.7 Å². The predicted molar refractivity (Wildman–Crippen MR) is 73.0 cm³/mol. The van der Waals surface area contributed by atoms with Gasteiger partial charge in [-0.2, -0.15) is 5.10 Å². The lowest BCUT2D eigenvalue weighted by Gasteiger charge is -2.15. The molecule has 1 aromatic heterocycles. The van der Waals surface area contributed by atoms with Crippen LogP contribution >= 0.6 is 11.6 Å². The van der Waals surface area contributed by atoms with Gasteiger partial charge >= 0.3 is 0 Å². The van der Waals surface area contributed by atoms with Gasteiger partial charge in [0.25, 0.3) is 0 Å². The largest absolute Gasteiger partial charge is 0.383 e. The fraction of sp³-hybridized carbons (Fsp3) is 0.769. The smallest absolute Gasteiger partial charge is 0.0817 e. The highest BCUT2D eigenvalue weighted by molar-refractivity contribution is 6.31. The normalized spacial score (nSPS) is 17.1. The second kappa shape index (κ2) is 6.55. The number of nitrogens with zero attached hydrogens (tertiary/aromatic N) is 2. The monoisotopic (exact) mass is 271 g/mol. The van der Waals surface area contributed by atoms with E-state index >= 15 is 0 Å². The molecule has 0 spiro atoms. The van der Waals surface area contributed by atoms with E-state index in [4.69, 9.17) is 16.3 Å². The Balaban J connectivity index is 1.92. The third-order valence-corrected chi connectivity index (χ3v) is 3.97. The maximum absolute atomic E-state index is 6.20. The number of halogens is 1. The molecule has 0 saturated heterocycles. The van der Waals surface area contributed by atoms with Crippen LogP contribution in [0.3, 0.4) is 0 Å². The van der Waals surface area contributed by atoms with E-state index < -0.39 is 0 Å². The first kappa shape index (κ1) is 13.8. The molecule has 2 rings (SSSR count). The van der Waals surface area contributed by atoms with E-state index in [9.17, 15) is 0 Å². The van der Waals surface area contributed by atoms with Crippen LogP contribution in [0, 0.1) is 5.92 Å². The van der Waals surface area contributed by atoms with Crippen molar-refractivity contribution >= 4 is 11.6 Å². The number of methoxy groups -OCH3 is 1. The maximum Gasteiger partial charge on any atom is 0.0817 e. The van der Waals surface area contributed by atoms with Crippen molar-refractivity contribution in [1.82, 2.24) is 15.1 Å². The number of hydrogen-bond acceptors (Lipinski definition) is 3. The van der Waals surface area contributed by atoms with Crippen molar-refractivity contribution in [3.8, 4) is 0 Å². The zero-order valence-corrected chi connectivity index (χ0v) is 11.9. The lowest BCUT2D eigenvalue weighted by atomic mass is 10.1. The molecule has 1 aromatic rings. The van der Waals surface area contributed by atoms with Crippen LogP contribution < -0.4 is 5.32 Å². The van der Waals surface area contributed by atoms with Crippen molar-refractivity contribution in [3.05, 3.63) is 16.9 Å². The molecule has 1 fully saturated rings. The second-order valence-electron chi connectivity index (χ2n) is 4.93. The minimum atomic E-state index is 0.617. The molecule has 1 heterocycles. The quantitative estimate of drug-likeness (QED) is 0.787. The second-order valence-corrected chi connectivity index (χ2v) is 5.33. The summed E-state index contributed by atoms with van der Waals surface area (Å²) in [5.41, 5.74) is 1.13. The molecule has 1 aliphatic rings. The van der Waals surface area contributed by atoms with Gasteiger partial charge in [0.15, 0.2) is 0 Å². The van der Waals surface area contributed by atoms with Crippen molar-refractivity contribution in [2.45, 2.75) is 38.3 Å². The van der Waals surface area contributed by atoms with E-state index in [2.05, 4.69) is 10.4 Å². The zero-order valence-electron chi connectivity index (χ0n) is 11.2. The van der Waals surface area contributed by atoms with Crippen LogP contribution in [0.5, 0.6) is 0 Å². The van der Waals surface area contributed by atoms with Crippen molar-refractivity contribution in [2.24, 2.45) is 5.92 Å². The SMILES string of the molecule is CNC(CCc1c(Cl)cnn1CCOC)C1CC1. The number of rotatable bonds is 8. The fourth-order valence-corrected chi connectivity index (χ4v) is 2.65. The highest BCUT2D eigenvalue weighted by atomic mass is 35.5. The first-order valence-electron chi connectivity index (χ1n) is 6.62. The first-order valence-corrected chi connectivity index (χ1v) is 7.00. The topological polar surface area (TPSA) is 39.1 Å². The molecule has 0 aliphatic heterocycles. The first-order chi connectivity index (χ1) is 8.76. The summed E-state index contributed by atoms with van der Waals surface area (Å²) in [6.07, 6.45) is 6.56. The molecule has 0 amide bonds. The summed E-state index contributed by atoms with van der Waals surface area (Å²) in [7, 11) is 3.75. The van der Waals surface area contributed by atoms with Gasteiger partial charge in [-0.25, -0.2) is 0 Å². The molecule has 102 valence electrons. The Bertz CT molecular complexity index is 376. The summed E-state index contributed by atoms with van der Waals surface area (Å²) < 4.78 is 7.05. The van der Waals surface area contributed by atoms with Crippen molar-refractivity contribution in [2.75, 3.05) is 20.8 Å². The van der Waals surface area contributed by atoms with Gasteiger partial charge in [0.05, 0.1) is 30.1 Å². The summed E-state index contributed by atoms with van der Waals surface area (Å²) >= 11 is 6.20. The number of hydrogen-bond donors (Lipinski definition) is 1. The van der Waals surface area contributed by atoms with Gasteiger partial charge in [-0.05, 0) is 38.6 Å². The van der Waals surface area contributed by atoms with Gasteiger partial charge in [-0.15, -0.1) is 0 Å². The Morgan fingerprint density at radius 3 is 3.00 bits per heavy atom. The molecule has 1 aliphatic carbocycles. The molecule has 1 unspecified atom stereocenters. The van der Waals surface area contributed by atoms with E-state index in [0.717, 1.165) is 36.0 Å². The van der Waals surface area contributed by atoms with Crippen molar-refractivity contribution < 1.29 is 4.74 Å². The Hall–Kier alpha value is -0.580. The predicted octanol–water partition coefficient (Wildman–Crippen LogP) is 2.11. The van der Waals surface area contributed by atoms with Crippen LogP contribution in [0.2, 0.25) is 5.02 Å².